The number of aromatic nitrogens is 1. The van der Waals surface area contributed by atoms with Crippen molar-refractivity contribution in [3.8, 4) is 0 Å². The fourth-order valence-corrected chi connectivity index (χ4v) is 3.49. The number of benzene rings is 1. The molecule has 6 N–H and O–H groups in total. The average Bonchev–Trinajstić information content (AvgIpc) is 2.72. The van der Waals surface area contributed by atoms with Gasteiger partial charge in [0.05, 0.1) is 24.4 Å². The van der Waals surface area contributed by atoms with Crippen LogP contribution in [-0.4, -0.2) is 61.3 Å². The number of hydrogen-bond donors (Lipinski definition) is 4. The molecule has 30 heavy (non-hydrogen) atoms. The van der Waals surface area contributed by atoms with E-state index in [0.717, 1.165) is 19.3 Å². The summed E-state index contributed by atoms with van der Waals surface area (Å²) in [6.07, 6.45) is -2.58. The number of halogens is 3. The van der Waals surface area contributed by atoms with Gasteiger partial charge in [-0.25, -0.2) is 4.98 Å². The number of allylic oxidation sites excluding steroid dienone is 2. The highest BCUT2D eigenvalue weighted by Gasteiger charge is 2.34. The monoisotopic (exact) mass is 420 g/mol. The first-order valence-corrected chi connectivity index (χ1v) is 9.36. The lowest BCUT2D eigenvalue weighted by atomic mass is 9.97. The van der Waals surface area contributed by atoms with E-state index in [1.807, 2.05) is 0 Å². The summed E-state index contributed by atoms with van der Waals surface area (Å²) in [5, 5.41) is 15.8. The van der Waals surface area contributed by atoms with Gasteiger partial charge in [-0.2, -0.15) is 13.2 Å². The molecule has 0 saturated carbocycles. The van der Waals surface area contributed by atoms with Crippen LogP contribution in [0.15, 0.2) is 23.9 Å². The Kier molecular flexibility index (Phi) is 6.37. The first-order chi connectivity index (χ1) is 14.3. The largest absolute Gasteiger partial charge is 0.431 e. The summed E-state index contributed by atoms with van der Waals surface area (Å²) in [4.78, 5) is 6.50. The lowest BCUT2D eigenvalue weighted by molar-refractivity contribution is -0.0919. The van der Waals surface area contributed by atoms with E-state index in [9.17, 15) is 13.2 Å². The Bertz CT molecular complexity index is 996. The van der Waals surface area contributed by atoms with Crippen LogP contribution in [0, 0.1) is 10.8 Å². The fraction of sp³-hybridized carbons (Fsp3) is 0.350. The summed E-state index contributed by atoms with van der Waals surface area (Å²) in [7, 11) is 0. The molecular weight excluding hydrogens is 397 g/mol. The normalized spacial score (nSPS) is 16.4. The van der Waals surface area contributed by atoms with Crippen LogP contribution < -0.4 is 11.5 Å². The van der Waals surface area contributed by atoms with E-state index in [0.29, 0.717) is 60.1 Å². The predicted octanol–water partition coefficient (Wildman–Crippen LogP) is 2.57. The summed E-state index contributed by atoms with van der Waals surface area (Å²) < 4.78 is 44.9. The zero-order chi connectivity index (χ0) is 21.9. The third-order valence-corrected chi connectivity index (χ3v) is 5.09. The van der Waals surface area contributed by atoms with Gasteiger partial charge in [0.2, 0.25) is 0 Å². The van der Waals surface area contributed by atoms with Gasteiger partial charge in [-0.1, -0.05) is 0 Å². The number of morpholine rings is 1. The molecule has 0 aliphatic carbocycles. The van der Waals surface area contributed by atoms with Crippen molar-refractivity contribution in [3.63, 3.8) is 0 Å². The molecule has 0 spiro atoms. The third kappa shape index (κ3) is 4.44. The van der Waals surface area contributed by atoms with E-state index in [1.54, 1.807) is 12.1 Å². The van der Waals surface area contributed by atoms with Gasteiger partial charge in [-0.15, -0.1) is 0 Å². The Morgan fingerprint density at radius 1 is 1.23 bits per heavy atom. The molecule has 160 valence electrons. The van der Waals surface area contributed by atoms with E-state index in [-0.39, 0.29) is 5.69 Å². The van der Waals surface area contributed by atoms with E-state index in [1.165, 1.54) is 6.07 Å². The van der Waals surface area contributed by atoms with Crippen molar-refractivity contribution in [2.75, 3.05) is 38.6 Å². The van der Waals surface area contributed by atoms with Crippen molar-refractivity contribution in [2.24, 2.45) is 5.73 Å². The second-order valence-corrected chi connectivity index (χ2v) is 6.95. The maximum Gasteiger partial charge on any atom is 0.431 e. The molecule has 7 nitrogen and oxygen atoms in total. The third-order valence-electron chi connectivity index (χ3n) is 5.09. The number of ether oxygens (including phenoxy) is 1. The second-order valence-electron chi connectivity index (χ2n) is 6.95. The van der Waals surface area contributed by atoms with Crippen LogP contribution in [0.2, 0.25) is 0 Å². The summed E-state index contributed by atoms with van der Waals surface area (Å²) >= 11 is 0. The van der Waals surface area contributed by atoms with Crippen LogP contribution in [0.1, 0.15) is 16.8 Å². The highest BCUT2D eigenvalue weighted by Crippen LogP contribution is 2.31. The quantitative estimate of drug-likeness (QED) is 0.422. The Hall–Kier alpha value is -2.98. The molecule has 1 aliphatic heterocycles. The number of rotatable bonds is 6. The molecule has 0 atom stereocenters. The number of nitrogens with one attached hydrogen (secondary N) is 2. The number of nitrogen functional groups attached to an aromatic ring is 1. The molecule has 2 aromatic rings. The number of alkyl halides is 3. The smallest absolute Gasteiger partial charge is 0.398 e. The maximum atomic E-state index is 13.2. The molecule has 0 unspecified atom stereocenters. The fourth-order valence-electron chi connectivity index (χ4n) is 3.49. The standard InChI is InChI=1S/C20H23F3N6O/c21-20(22,23)19(27)14(11-25)17-9-12(3-4-29-5-7-30-8-6-29)18-13(10-24)15(26)1-2-16(18)28-17/h1-2,9-11,24-25H,3-8,26-27H2. The number of nitrogens with zero attached hydrogens (tertiary/aromatic N) is 2. The van der Waals surface area contributed by atoms with Crippen molar-refractivity contribution in [1.82, 2.24) is 9.88 Å². The van der Waals surface area contributed by atoms with E-state index in [2.05, 4.69) is 9.88 Å². The van der Waals surface area contributed by atoms with Crippen molar-refractivity contribution in [3.05, 3.63) is 40.7 Å². The zero-order valence-electron chi connectivity index (χ0n) is 16.2. The summed E-state index contributed by atoms with van der Waals surface area (Å²) in [5.74, 6) is 0. The molecule has 0 amide bonds. The Morgan fingerprint density at radius 3 is 2.53 bits per heavy atom. The van der Waals surface area contributed by atoms with Crippen LogP contribution in [0.4, 0.5) is 18.9 Å². The lowest BCUT2D eigenvalue weighted by Gasteiger charge is -2.27. The van der Waals surface area contributed by atoms with Crippen LogP contribution in [0.3, 0.4) is 0 Å². The number of hydrogen-bond acceptors (Lipinski definition) is 7. The predicted molar refractivity (Wildman–Crippen MR) is 111 cm³/mol. The summed E-state index contributed by atoms with van der Waals surface area (Å²) in [6, 6.07) is 4.67. The molecule has 0 bridgehead atoms. The van der Waals surface area contributed by atoms with E-state index in [4.69, 9.17) is 27.0 Å². The van der Waals surface area contributed by atoms with Gasteiger partial charge in [0.25, 0.3) is 0 Å². The lowest BCUT2D eigenvalue weighted by Crippen LogP contribution is -2.37. The van der Waals surface area contributed by atoms with Gasteiger partial charge in [0.1, 0.15) is 5.70 Å². The minimum absolute atomic E-state index is 0.0370. The number of nitrogens with two attached hydrogens (primary N) is 2. The van der Waals surface area contributed by atoms with Crippen molar-refractivity contribution >= 4 is 34.6 Å². The van der Waals surface area contributed by atoms with Crippen molar-refractivity contribution < 1.29 is 17.9 Å². The van der Waals surface area contributed by atoms with E-state index >= 15 is 0 Å². The van der Waals surface area contributed by atoms with Gasteiger partial charge in [-0.05, 0) is 30.2 Å². The van der Waals surface area contributed by atoms with Crippen molar-refractivity contribution in [1.29, 1.82) is 10.8 Å². The molecule has 1 fully saturated rings. The molecule has 3 rings (SSSR count). The Balaban J connectivity index is 2.15. The highest BCUT2D eigenvalue weighted by atomic mass is 19.4. The average molecular weight is 420 g/mol. The highest BCUT2D eigenvalue weighted by molar-refractivity contribution is 6.11. The SMILES string of the molecule is N=CC(=C(N)C(F)(F)F)c1cc(CCN2CCOCC2)c2c(C=N)c(N)ccc2n1. The number of pyridine rings is 1. The maximum absolute atomic E-state index is 13.2. The summed E-state index contributed by atoms with van der Waals surface area (Å²) in [5.41, 5.74) is 11.3. The van der Waals surface area contributed by atoms with Gasteiger partial charge in [0, 0.05) is 54.3 Å². The van der Waals surface area contributed by atoms with Crippen LogP contribution >= 0.6 is 0 Å². The zero-order valence-corrected chi connectivity index (χ0v) is 16.2. The molecule has 2 heterocycles. The van der Waals surface area contributed by atoms with Gasteiger partial charge in [-0.3, -0.25) is 4.90 Å². The molecule has 1 aromatic heterocycles. The minimum atomic E-state index is -4.78. The first kappa shape index (κ1) is 21.7. The van der Waals surface area contributed by atoms with Crippen LogP contribution in [0.25, 0.3) is 16.5 Å². The molecule has 1 aromatic carbocycles. The van der Waals surface area contributed by atoms with Crippen LogP contribution in [0.5, 0.6) is 0 Å². The molecule has 1 saturated heterocycles. The molecule has 0 radical (unpaired) electrons. The second kappa shape index (κ2) is 8.80. The molecule has 10 heteroatoms. The van der Waals surface area contributed by atoms with Crippen molar-refractivity contribution in [2.45, 2.75) is 12.6 Å². The topological polar surface area (TPSA) is 125 Å². The molecular formula is C20H23F3N6O. The van der Waals surface area contributed by atoms with Gasteiger partial charge < -0.3 is 27.0 Å². The Morgan fingerprint density at radius 2 is 1.93 bits per heavy atom. The number of fused-ring (bicyclic) bond motifs is 1. The summed E-state index contributed by atoms with van der Waals surface area (Å²) in [6.45, 7) is 3.45. The number of anilines is 1. The first-order valence-electron chi connectivity index (χ1n) is 9.36. The van der Waals surface area contributed by atoms with Crippen LogP contribution in [-0.2, 0) is 11.2 Å². The van der Waals surface area contributed by atoms with Gasteiger partial charge in [0.15, 0.2) is 0 Å². The minimum Gasteiger partial charge on any atom is -0.398 e. The van der Waals surface area contributed by atoms with E-state index < -0.39 is 17.4 Å². The Labute approximate surface area is 171 Å². The van der Waals surface area contributed by atoms with Gasteiger partial charge >= 0.3 is 6.18 Å². The molecule has 1 aliphatic rings.